The topological polar surface area (TPSA) is 58.1 Å². The van der Waals surface area contributed by atoms with Crippen LogP contribution in [-0.4, -0.2) is 70.1 Å². The van der Waals surface area contributed by atoms with Gasteiger partial charge in [0.1, 0.15) is 12.4 Å². The number of hydrogen-bond acceptors (Lipinski definition) is 4. The molecule has 1 aliphatic heterocycles. The predicted molar refractivity (Wildman–Crippen MR) is 107 cm³/mol. The number of ether oxygens (including phenoxy) is 2. The van der Waals surface area contributed by atoms with Crippen molar-refractivity contribution in [3.05, 3.63) is 29.8 Å². The van der Waals surface area contributed by atoms with E-state index in [-0.39, 0.29) is 6.54 Å². The molecular formula is C20H31F3N4O2. The number of benzene rings is 1. The van der Waals surface area contributed by atoms with Crippen LogP contribution in [0.1, 0.15) is 24.8 Å². The third-order valence-corrected chi connectivity index (χ3v) is 4.81. The lowest BCUT2D eigenvalue weighted by Gasteiger charge is -2.31. The van der Waals surface area contributed by atoms with Gasteiger partial charge in [0.05, 0.1) is 6.42 Å². The second kappa shape index (κ2) is 11.9. The maximum atomic E-state index is 12.2. The summed E-state index contributed by atoms with van der Waals surface area (Å²) >= 11 is 0. The quantitative estimate of drug-likeness (QED) is 0.479. The zero-order valence-electron chi connectivity index (χ0n) is 17.1. The maximum absolute atomic E-state index is 12.2. The molecule has 0 amide bonds. The standard InChI is InChI=1S/C20H31F3N4O2/c1-24-19(25-9-8-20(21,22)23)26-15-16-4-3-5-18(14-16)29-13-10-27(2)17-6-11-28-12-7-17/h3-5,14,17H,6-13,15H2,1-2H3,(H2,24,25,26). The Morgan fingerprint density at radius 3 is 2.72 bits per heavy atom. The van der Waals surface area contributed by atoms with Crippen molar-refractivity contribution in [2.24, 2.45) is 4.99 Å². The zero-order valence-corrected chi connectivity index (χ0v) is 17.1. The summed E-state index contributed by atoms with van der Waals surface area (Å²) in [5, 5.41) is 5.67. The molecule has 1 aromatic rings. The predicted octanol–water partition coefficient (Wildman–Crippen LogP) is 2.79. The molecule has 0 saturated carbocycles. The van der Waals surface area contributed by atoms with Crippen LogP contribution in [0.5, 0.6) is 5.75 Å². The van der Waals surface area contributed by atoms with Gasteiger partial charge in [-0.3, -0.25) is 9.89 Å². The molecule has 1 fully saturated rings. The highest BCUT2D eigenvalue weighted by atomic mass is 19.4. The average molecular weight is 416 g/mol. The SMILES string of the molecule is CN=C(NCCC(F)(F)F)NCc1cccc(OCCN(C)C2CCOCC2)c1. The third-order valence-electron chi connectivity index (χ3n) is 4.81. The van der Waals surface area contributed by atoms with Gasteiger partial charge in [-0.05, 0) is 37.6 Å². The molecule has 1 saturated heterocycles. The molecule has 6 nitrogen and oxygen atoms in total. The van der Waals surface area contributed by atoms with E-state index >= 15 is 0 Å². The largest absolute Gasteiger partial charge is 0.492 e. The Morgan fingerprint density at radius 2 is 2.03 bits per heavy atom. The van der Waals surface area contributed by atoms with E-state index in [2.05, 4.69) is 27.6 Å². The molecule has 9 heteroatoms. The van der Waals surface area contributed by atoms with E-state index in [0.29, 0.717) is 25.2 Å². The van der Waals surface area contributed by atoms with Crippen molar-refractivity contribution in [1.29, 1.82) is 0 Å². The molecule has 0 atom stereocenters. The van der Waals surface area contributed by atoms with Gasteiger partial charge in [-0.1, -0.05) is 12.1 Å². The Balaban J connectivity index is 1.72. The first kappa shape index (κ1) is 23.3. The normalized spacial score (nSPS) is 16.1. The molecule has 0 radical (unpaired) electrons. The lowest BCUT2D eigenvalue weighted by atomic mass is 10.1. The molecule has 29 heavy (non-hydrogen) atoms. The summed E-state index contributed by atoms with van der Waals surface area (Å²) in [6.07, 6.45) is -2.98. The highest BCUT2D eigenvalue weighted by Crippen LogP contribution is 2.18. The van der Waals surface area contributed by atoms with E-state index in [9.17, 15) is 13.2 Å². The van der Waals surface area contributed by atoms with Gasteiger partial charge in [0.25, 0.3) is 0 Å². The first-order chi connectivity index (χ1) is 13.9. The van der Waals surface area contributed by atoms with Gasteiger partial charge in [0, 0.05) is 45.9 Å². The van der Waals surface area contributed by atoms with Crippen molar-refractivity contribution in [2.75, 3.05) is 47.0 Å². The Morgan fingerprint density at radius 1 is 1.28 bits per heavy atom. The maximum Gasteiger partial charge on any atom is 0.390 e. The molecule has 0 spiro atoms. The summed E-state index contributed by atoms with van der Waals surface area (Å²) in [7, 11) is 3.63. The molecule has 164 valence electrons. The highest BCUT2D eigenvalue weighted by molar-refractivity contribution is 5.79. The van der Waals surface area contributed by atoms with Crippen molar-refractivity contribution in [1.82, 2.24) is 15.5 Å². The van der Waals surface area contributed by atoms with Crippen LogP contribution in [0.3, 0.4) is 0 Å². The fourth-order valence-electron chi connectivity index (χ4n) is 3.09. The molecule has 0 aromatic heterocycles. The molecule has 0 unspecified atom stereocenters. The Kier molecular flexibility index (Phi) is 9.53. The Bertz CT molecular complexity index is 634. The molecule has 1 aliphatic rings. The van der Waals surface area contributed by atoms with E-state index in [1.807, 2.05) is 24.3 Å². The van der Waals surface area contributed by atoms with Gasteiger partial charge in [0.2, 0.25) is 0 Å². The molecular weight excluding hydrogens is 385 g/mol. The molecule has 1 aromatic carbocycles. The summed E-state index contributed by atoms with van der Waals surface area (Å²) < 4.78 is 48.0. The van der Waals surface area contributed by atoms with Crippen LogP contribution in [0, 0.1) is 0 Å². The van der Waals surface area contributed by atoms with Gasteiger partial charge < -0.3 is 20.1 Å². The van der Waals surface area contributed by atoms with Gasteiger partial charge in [-0.2, -0.15) is 13.2 Å². The second-order valence-electron chi connectivity index (χ2n) is 7.04. The van der Waals surface area contributed by atoms with Gasteiger partial charge in [-0.25, -0.2) is 0 Å². The average Bonchev–Trinajstić information content (AvgIpc) is 2.70. The Labute approximate surface area is 170 Å². The molecule has 2 N–H and O–H groups in total. The Hall–Kier alpha value is -2.00. The van der Waals surface area contributed by atoms with Crippen LogP contribution < -0.4 is 15.4 Å². The van der Waals surface area contributed by atoms with Crippen molar-refractivity contribution in [3.8, 4) is 5.75 Å². The zero-order chi connectivity index (χ0) is 21.1. The summed E-state index contributed by atoms with van der Waals surface area (Å²) in [4.78, 5) is 6.25. The van der Waals surface area contributed by atoms with Gasteiger partial charge in [0.15, 0.2) is 5.96 Å². The van der Waals surface area contributed by atoms with Gasteiger partial charge >= 0.3 is 6.18 Å². The lowest BCUT2D eigenvalue weighted by molar-refractivity contribution is -0.132. The summed E-state index contributed by atoms with van der Waals surface area (Å²) in [6.45, 7) is 3.28. The van der Waals surface area contributed by atoms with Gasteiger partial charge in [-0.15, -0.1) is 0 Å². The van der Waals surface area contributed by atoms with E-state index in [0.717, 1.165) is 43.9 Å². The van der Waals surface area contributed by atoms with Crippen LogP contribution in [0.2, 0.25) is 0 Å². The summed E-state index contributed by atoms with van der Waals surface area (Å²) in [5.41, 5.74) is 0.957. The van der Waals surface area contributed by atoms with Crippen molar-refractivity contribution >= 4 is 5.96 Å². The molecule has 0 bridgehead atoms. The second-order valence-corrected chi connectivity index (χ2v) is 7.04. The summed E-state index contributed by atoms with van der Waals surface area (Å²) in [6, 6.07) is 8.18. The summed E-state index contributed by atoms with van der Waals surface area (Å²) in [5.74, 6) is 1.10. The fraction of sp³-hybridized carbons (Fsp3) is 0.650. The minimum Gasteiger partial charge on any atom is -0.492 e. The number of halogens is 3. The van der Waals surface area contributed by atoms with E-state index in [1.54, 1.807) is 0 Å². The lowest BCUT2D eigenvalue weighted by Crippen LogP contribution is -2.38. The molecule has 0 aliphatic carbocycles. The third kappa shape index (κ3) is 9.36. The van der Waals surface area contributed by atoms with E-state index < -0.39 is 12.6 Å². The minimum absolute atomic E-state index is 0.215. The molecule has 1 heterocycles. The number of guanidine groups is 1. The number of alkyl halides is 3. The fourth-order valence-corrected chi connectivity index (χ4v) is 3.09. The number of hydrogen-bond donors (Lipinski definition) is 2. The first-order valence-electron chi connectivity index (χ1n) is 9.88. The van der Waals surface area contributed by atoms with E-state index in [4.69, 9.17) is 9.47 Å². The van der Waals surface area contributed by atoms with Crippen molar-refractivity contribution in [3.63, 3.8) is 0 Å². The first-order valence-corrected chi connectivity index (χ1v) is 9.88. The van der Waals surface area contributed by atoms with E-state index in [1.165, 1.54) is 7.05 Å². The smallest absolute Gasteiger partial charge is 0.390 e. The number of nitrogens with one attached hydrogen (secondary N) is 2. The van der Waals surface area contributed by atoms with Crippen molar-refractivity contribution < 1.29 is 22.6 Å². The van der Waals surface area contributed by atoms with Crippen LogP contribution in [0.4, 0.5) is 13.2 Å². The van der Waals surface area contributed by atoms with Crippen LogP contribution in [0.25, 0.3) is 0 Å². The molecule has 2 rings (SSSR count). The highest BCUT2D eigenvalue weighted by Gasteiger charge is 2.26. The monoisotopic (exact) mass is 416 g/mol. The van der Waals surface area contributed by atoms with Crippen molar-refractivity contribution in [2.45, 2.75) is 38.0 Å². The minimum atomic E-state index is -4.18. The van der Waals surface area contributed by atoms with Crippen LogP contribution in [0.15, 0.2) is 29.3 Å². The number of rotatable bonds is 9. The van der Waals surface area contributed by atoms with Crippen LogP contribution in [-0.2, 0) is 11.3 Å². The van der Waals surface area contributed by atoms with Crippen LogP contribution >= 0.6 is 0 Å². The number of aliphatic imine (C=N–C) groups is 1. The number of likely N-dealkylation sites (N-methyl/N-ethyl adjacent to an activating group) is 1. The number of nitrogens with zero attached hydrogens (tertiary/aromatic N) is 2.